The topological polar surface area (TPSA) is 76.9 Å². The van der Waals surface area contributed by atoms with E-state index in [1.54, 1.807) is 28.6 Å². The van der Waals surface area contributed by atoms with Crippen LogP contribution < -0.4 is 9.64 Å². The van der Waals surface area contributed by atoms with Gasteiger partial charge in [-0.1, -0.05) is 30.3 Å². The minimum atomic E-state index is -0.551. The Balaban J connectivity index is 1.32. The standard InChI is InChI=1S/C31H31FN4O4/c1-4-40-31(38)26-20-28(36(33-26)27-8-6-5-7-21(27)2)22-9-12-24(13-10-22)34-15-17-35(18-16-34)30(37)23-11-14-29(39-3)25(32)19-23/h5-14,19-20H,4,15-18H2,1-3H3. The molecule has 0 saturated carbocycles. The zero-order valence-corrected chi connectivity index (χ0v) is 22.8. The van der Waals surface area contributed by atoms with Gasteiger partial charge in [0.25, 0.3) is 5.91 Å². The number of methoxy groups -OCH3 is 1. The number of halogens is 1. The number of carbonyl (C=O) groups excluding carboxylic acids is 2. The molecule has 0 spiro atoms. The molecule has 8 nitrogen and oxygen atoms in total. The summed E-state index contributed by atoms with van der Waals surface area (Å²) in [6, 6.07) is 22.0. The molecule has 1 aromatic heterocycles. The maximum Gasteiger partial charge on any atom is 0.358 e. The first-order valence-corrected chi connectivity index (χ1v) is 13.2. The largest absolute Gasteiger partial charge is 0.494 e. The molecule has 1 aliphatic heterocycles. The number of aryl methyl sites for hydroxylation is 1. The molecule has 1 aliphatic rings. The maximum absolute atomic E-state index is 14.1. The number of amides is 1. The van der Waals surface area contributed by atoms with E-state index in [0.717, 1.165) is 28.2 Å². The summed E-state index contributed by atoms with van der Waals surface area (Å²) in [7, 11) is 1.39. The van der Waals surface area contributed by atoms with E-state index in [0.29, 0.717) is 31.7 Å². The number of nitrogens with zero attached hydrogens (tertiary/aromatic N) is 4. The average Bonchev–Trinajstić information content (AvgIpc) is 3.43. The van der Waals surface area contributed by atoms with Crippen molar-refractivity contribution in [2.45, 2.75) is 13.8 Å². The highest BCUT2D eigenvalue weighted by Crippen LogP contribution is 2.29. The molecular weight excluding hydrogens is 511 g/mol. The maximum atomic E-state index is 14.1. The van der Waals surface area contributed by atoms with Crippen LogP contribution in [0.3, 0.4) is 0 Å². The van der Waals surface area contributed by atoms with Crippen LogP contribution >= 0.6 is 0 Å². The van der Waals surface area contributed by atoms with Crippen LogP contribution in [0, 0.1) is 12.7 Å². The van der Waals surface area contributed by atoms with Crippen LogP contribution in [0.1, 0.15) is 33.3 Å². The lowest BCUT2D eigenvalue weighted by Gasteiger charge is -2.36. The normalized spacial score (nSPS) is 13.3. The second-order valence-electron chi connectivity index (χ2n) is 9.51. The summed E-state index contributed by atoms with van der Waals surface area (Å²) in [6.45, 7) is 6.40. The Bertz CT molecular complexity index is 1520. The van der Waals surface area contributed by atoms with Gasteiger partial charge in [-0.2, -0.15) is 5.10 Å². The van der Waals surface area contributed by atoms with Crippen LogP contribution in [0.5, 0.6) is 5.75 Å². The van der Waals surface area contributed by atoms with Crippen molar-refractivity contribution in [3.05, 3.63) is 95.4 Å². The minimum absolute atomic E-state index is 0.115. The lowest BCUT2D eigenvalue weighted by molar-refractivity contribution is 0.0518. The van der Waals surface area contributed by atoms with Gasteiger partial charge in [-0.15, -0.1) is 0 Å². The van der Waals surface area contributed by atoms with Gasteiger partial charge < -0.3 is 19.3 Å². The third-order valence-electron chi connectivity index (χ3n) is 7.03. The second-order valence-corrected chi connectivity index (χ2v) is 9.51. The molecule has 3 aromatic carbocycles. The average molecular weight is 543 g/mol. The molecule has 1 fully saturated rings. The Kier molecular flexibility index (Phi) is 7.82. The van der Waals surface area contributed by atoms with E-state index in [4.69, 9.17) is 9.47 Å². The molecule has 40 heavy (non-hydrogen) atoms. The smallest absolute Gasteiger partial charge is 0.358 e. The van der Waals surface area contributed by atoms with Gasteiger partial charge in [-0.05, 0) is 61.9 Å². The van der Waals surface area contributed by atoms with Crippen LogP contribution in [-0.4, -0.2) is 66.5 Å². The fourth-order valence-electron chi connectivity index (χ4n) is 4.87. The van der Waals surface area contributed by atoms with E-state index >= 15 is 0 Å². The van der Waals surface area contributed by atoms with Gasteiger partial charge in [0, 0.05) is 43.0 Å². The Morgan fingerprint density at radius 1 is 0.950 bits per heavy atom. The van der Waals surface area contributed by atoms with Gasteiger partial charge in [0.15, 0.2) is 17.3 Å². The zero-order chi connectivity index (χ0) is 28.2. The van der Waals surface area contributed by atoms with Crippen molar-refractivity contribution in [3.8, 4) is 22.7 Å². The van der Waals surface area contributed by atoms with Crippen LogP contribution in [0.2, 0.25) is 0 Å². The summed E-state index contributed by atoms with van der Waals surface area (Å²) in [5, 5.41) is 4.58. The van der Waals surface area contributed by atoms with E-state index in [9.17, 15) is 14.0 Å². The molecule has 0 bridgehead atoms. The fraction of sp³-hybridized carbons (Fsp3) is 0.258. The number of para-hydroxylation sites is 1. The molecule has 206 valence electrons. The molecule has 4 aromatic rings. The van der Waals surface area contributed by atoms with Crippen LogP contribution in [-0.2, 0) is 4.74 Å². The summed E-state index contributed by atoms with van der Waals surface area (Å²) < 4.78 is 26.0. The van der Waals surface area contributed by atoms with Crippen molar-refractivity contribution in [2.75, 3.05) is 44.8 Å². The van der Waals surface area contributed by atoms with Crippen LogP contribution in [0.4, 0.5) is 10.1 Å². The number of ether oxygens (including phenoxy) is 2. The number of hydrogen-bond acceptors (Lipinski definition) is 6. The number of anilines is 1. The van der Waals surface area contributed by atoms with E-state index in [1.165, 1.54) is 19.2 Å². The van der Waals surface area contributed by atoms with Gasteiger partial charge in [0.05, 0.1) is 25.1 Å². The highest BCUT2D eigenvalue weighted by Gasteiger charge is 2.24. The number of piperazine rings is 1. The first-order valence-electron chi connectivity index (χ1n) is 13.2. The molecule has 1 amide bonds. The molecular formula is C31H31FN4O4. The van der Waals surface area contributed by atoms with Crippen molar-refractivity contribution < 1.29 is 23.5 Å². The first-order chi connectivity index (χ1) is 19.4. The summed E-state index contributed by atoms with van der Waals surface area (Å²) >= 11 is 0. The SMILES string of the molecule is CCOC(=O)c1cc(-c2ccc(N3CCN(C(=O)c4ccc(OC)c(F)c4)CC3)cc2)n(-c2ccccc2C)n1. The predicted molar refractivity (Wildman–Crippen MR) is 151 cm³/mol. The van der Waals surface area contributed by atoms with E-state index in [-0.39, 0.29) is 24.0 Å². The van der Waals surface area contributed by atoms with Crippen molar-refractivity contribution in [3.63, 3.8) is 0 Å². The van der Waals surface area contributed by atoms with E-state index < -0.39 is 11.8 Å². The summed E-state index contributed by atoms with van der Waals surface area (Å²) in [5.41, 5.74) is 5.19. The Morgan fingerprint density at radius 2 is 1.68 bits per heavy atom. The highest BCUT2D eigenvalue weighted by molar-refractivity contribution is 5.94. The third kappa shape index (κ3) is 5.40. The molecule has 0 unspecified atom stereocenters. The van der Waals surface area contributed by atoms with Gasteiger partial charge >= 0.3 is 5.97 Å². The van der Waals surface area contributed by atoms with E-state index in [1.807, 2.05) is 55.5 Å². The number of benzene rings is 3. The molecule has 0 N–H and O–H groups in total. The number of aromatic nitrogens is 2. The van der Waals surface area contributed by atoms with Crippen LogP contribution in [0.25, 0.3) is 16.9 Å². The number of carbonyl (C=O) groups is 2. The summed E-state index contributed by atoms with van der Waals surface area (Å²) in [4.78, 5) is 29.3. The molecule has 1 saturated heterocycles. The summed E-state index contributed by atoms with van der Waals surface area (Å²) in [5.74, 6) is -1.09. The van der Waals surface area contributed by atoms with E-state index in [2.05, 4.69) is 10.00 Å². The molecule has 5 rings (SSSR count). The number of rotatable bonds is 7. The first kappa shape index (κ1) is 26.9. The Hall–Kier alpha value is -4.66. The second kappa shape index (κ2) is 11.6. The third-order valence-corrected chi connectivity index (χ3v) is 7.03. The van der Waals surface area contributed by atoms with Gasteiger partial charge in [0.1, 0.15) is 0 Å². The lowest BCUT2D eigenvalue weighted by atomic mass is 10.1. The van der Waals surface area contributed by atoms with Gasteiger partial charge in [-0.25, -0.2) is 13.9 Å². The molecule has 0 atom stereocenters. The number of hydrogen-bond donors (Lipinski definition) is 0. The zero-order valence-electron chi connectivity index (χ0n) is 22.8. The monoisotopic (exact) mass is 542 g/mol. The van der Waals surface area contributed by atoms with Gasteiger partial charge in [-0.3, -0.25) is 4.79 Å². The Morgan fingerprint density at radius 3 is 2.33 bits per heavy atom. The van der Waals surface area contributed by atoms with Crippen LogP contribution in [0.15, 0.2) is 72.8 Å². The lowest BCUT2D eigenvalue weighted by Crippen LogP contribution is -2.48. The van der Waals surface area contributed by atoms with Crippen molar-refractivity contribution in [1.82, 2.24) is 14.7 Å². The number of esters is 1. The molecule has 0 radical (unpaired) electrons. The molecule has 9 heteroatoms. The quantitative estimate of drug-likeness (QED) is 0.301. The summed E-state index contributed by atoms with van der Waals surface area (Å²) in [6.07, 6.45) is 0. The van der Waals surface area contributed by atoms with Gasteiger partial charge in [0.2, 0.25) is 0 Å². The van der Waals surface area contributed by atoms with Crippen molar-refractivity contribution >= 4 is 17.6 Å². The Labute approximate surface area is 232 Å². The predicted octanol–water partition coefficient (Wildman–Crippen LogP) is 5.13. The fourth-order valence-corrected chi connectivity index (χ4v) is 4.87. The molecule has 0 aliphatic carbocycles. The molecule has 2 heterocycles. The minimum Gasteiger partial charge on any atom is -0.494 e. The highest BCUT2D eigenvalue weighted by atomic mass is 19.1. The van der Waals surface area contributed by atoms with Crippen molar-refractivity contribution in [2.24, 2.45) is 0 Å². The van der Waals surface area contributed by atoms with Crippen molar-refractivity contribution in [1.29, 1.82) is 0 Å².